The van der Waals surface area contributed by atoms with E-state index in [9.17, 15) is 0 Å². The van der Waals surface area contributed by atoms with Crippen LogP contribution in [0, 0.1) is 12.3 Å². The summed E-state index contributed by atoms with van der Waals surface area (Å²) in [6, 6.07) is 8.21. The van der Waals surface area contributed by atoms with Crippen LogP contribution in [0.4, 0.5) is 0 Å². The zero-order valence-electron chi connectivity index (χ0n) is 8.58. The number of terminal acetylenes is 1. The molecule has 0 aliphatic heterocycles. The van der Waals surface area contributed by atoms with Gasteiger partial charge in [0, 0.05) is 6.04 Å². The second kappa shape index (κ2) is 5.31. The van der Waals surface area contributed by atoms with Crippen molar-refractivity contribution in [3.05, 3.63) is 29.8 Å². The fourth-order valence-corrected chi connectivity index (χ4v) is 1.24. The molecule has 0 spiro atoms. The van der Waals surface area contributed by atoms with Gasteiger partial charge in [-0.25, -0.2) is 0 Å². The Morgan fingerprint density at radius 3 is 3.00 bits per heavy atom. The quantitative estimate of drug-likeness (QED) is 0.731. The van der Waals surface area contributed by atoms with Crippen LogP contribution >= 0.6 is 0 Å². The molecular formula is C12H15NO. The molecule has 1 N–H and O–H groups in total. The molecule has 0 aliphatic rings. The van der Waals surface area contributed by atoms with E-state index in [0.717, 1.165) is 5.75 Å². The molecule has 74 valence electrons. The lowest BCUT2D eigenvalue weighted by atomic mass is 10.1. The van der Waals surface area contributed by atoms with E-state index in [1.807, 2.05) is 18.2 Å². The van der Waals surface area contributed by atoms with Crippen LogP contribution in [0.3, 0.4) is 0 Å². The van der Waals surface area contributed by atoms with E-state index in [-0.39, 0.29) is 6.04 Å². The molecule has 0 bridgehead atoms. The molecule has 1 rings (SSSR count). The van der Waals surface area contributed by atoms with Crippen molar-refractivity contribution in [2.24, 2.45) is 0 Å². The standard InChI is InChI=1S/C12H15NO/c1-4-8-13-10(2)11-6-5-7-12(9-11)14-3/h1,5-7,9-10,13H,8H2,2-3H3/t10-/m1/s1. The lowest BCUT2D eigenvalue weighted by molar-refractivity contribution is 0.413. The number of hydrogen-bond donors (Lipinski definition) is 1. The Morgan fingerprint density at radius 1 is 1.57 bits per heavy atom. The van der Waals surface area contributed by atoms with Crippen LogP contribution in [-0.2, 0) is 0 Å². The summed E-state index contributed by atoms with van der Waals surface area (Å²) in [4.78, 5) is 0. The molecule has 0 amide bonds. The fourth-order valence-electron chi connectivity index (χ4n) is 1.24. The fraction of sp³-hybridized carbons (Fsp3) is 0.333. The van der Waals surface area contributed by atoms with Gasteiger partial charge in [0.2, 0.25) is 0 Å². The van der Waals surface area contributed by atoms with Crippen LogP contribution in [-0.4, -0.2) is 13.7 Å². The molecule has 0 aliphatic carbocycles. The molecule has 1 aromatic carbocycles. The summed E-state index contributed by atoms with van der Waals surface area (Å²) >= 11 is 0. The first-order valence-electron chi connectivity index (χ1n) is 4.58. The van der Waals surface area contributed by atoms with E-state index in [0.29, 0.717) is 6.54 Å². The van der Waals surface area contributed by atoms with Crippen molar-refractivity contribution in [1.29, 1.82) is 0 Å². The number of ether oxygens (including phenoxy) is 1. The van der Waals surface area contributed by atoms with Gasteiger partial charge in [-0.1, -0.05) is 18.1 Å². The summed E-state index contributed by atoms with van der Waals surface area (Å²) in [7, 11) is 1.67. The minimum Gasteiger partial charge on any atom is -0.497 e. The summed E-state index contributed by atoms with van der Waals surface area (Å²) in [6.45, 7) is 2.66. The molecule has 0 radical (unpaired) electrons. The molecule has 1 atom stereocenters. The lowest BCUT2D eigenvalue weighted by Crippen LogP contribution is -2.18. The highest BCUT2D eigenvalue weighted by atomic mass is 16.5. The van der Waals surface area contributed by atoms with Gasteiger partial charge in [-0.05, 0) is 24.6 Å². The molecule has 2 heteroatoms. The monoisotopic (exact) mass is 189 g/mol. The minimum absolute atomic E-state index is 0.251. The molecule has 0 aromatic heterocycles. The number of methoxy groups -OCH3 is 1. The van der Waals surface area contributed by atoms with Gasteiger partial charge in [0.1, 0.15) is 5.75 Å². The summed E-state index contributed by atoms with van der Waals surface area (Å²) in [5, 5.41) is 3.21. The van der Waals surface area contributed by atoms with Crippen molar-refractivity contribution in [2.75, 3.05) is 13.7 Å². The second-order valence-electron chi connectivity index (χ2n) is 3.08. The predicted molar refractivity (Wildman–Crippen MR) is 58.2 cm³/mol. The maximum Gasteiger partial charge on any atom is 0.119 e. The summed E-state index contributed by atoms with van der Waals surface area (Å²) in [5.74, 6) is 3.43. The average Bonchev–Trinajstić information content (AvgIpc) is 2.26. The van der Waals surface area contributed by atoms with Crippen LogP contribution in [0.25, 0.3) is 0 Å². The Bertz CT molecular complexity index is 327. The highest BCUT2D eigenvalue weighted by Gasteiger charge is 2.03. The number of nitrogens with one attached hydrogen (secondary N) is 1. The highest BCUT2D eigenvalue weighted by Crippen LogP contribution is 2.18. The Morgan fingerprint density at radius 2 is 2.36 bits per heavy atom. The zero-order valence-corrected chi connectivity index (χ0v) is 8.58. The molecule has 0 fully saturated rings. The van der Waals surface area contributed by atoms with Gasteiger partial charge >= 0.3 is 0 Å². The van der Waals surface area contributed by atoms with Crippen LogP contribution in [0.15, 0.2) is 24.3 Å². The van der Waals surface area contributed by atoms with Crippen molar-refractivity contribution in [2.45, 2.75) is 13.0 Å². The first-order chi connectivity index (χ1) is 6.77. The SMILES string of the molecule is C#CCN[C@H](C)c1cccc(OC)c1. The smallest absolute Gasteiger partial charge is 0.119 e. The molecule has 0 saturated carbocycles. The molecule has 0 saturated heterocycles. The van der Waals surface area contributed by atoms with Gasteiger partial charge in [0.25, 0.3) is 0 Å². The van der Waals surface area contributed by atoms with E-state index in [2.05, 4.69) is 24.2 Å². The third-order valence-corrected chi connectivity index (χ3v) is 2.10. The highest BCUT2D eigenvalue weighted by molar-refractivity contribution is 5.30. The second-order valence-corrected chi connectivity index (χ2v) is 3.08. The van der Waals surface area contributed by atoms with Crippen LogP contribution in [0.2, 0.25) is 0 Å². The van der Waals surface area contributed by atoms with Crippen molar-refractivity contribution in [1.82, 2.24) is 5.32 Å². The third kappa shape index (κ3) is 2.79. The largest absolute Gasteiger partial charge is 0.497 e. The normalized spacial score (nSPS) is 11.8. The van der Waals surface area contributed by atoms with Crippen LogP contribution in [0.5, 0.6) is 5.75 Å². The molecule has 14 heavy (non-hydrogen) atoms. The van der Waals surface area contributed by atoms with Gasteiger partial charge < -0.3 is 4.74 Å². The predicted octanol–water partition coefficient (Wildman–Crippen LogP) is 1.98. The first kappa shape index (κ1) is 10.6. The molecular weight excluding hydrogens is 174 g/mol. The van der Waals surface area contributed by atoms with Gasteiger partial charge in [-0.15, -0.1) is 6.42 Å². The van der Waals surface area contributed by atoms with Crippen molar-refractivity contribution >= 4 is 0 Å². The Labute approximate surface area is 85.3 Å². The number of hydrogen-bond acceptors (Lipinski definition) is 2. The maximum absolute atomic E-state index is 5.17. The number of benzene rings is 1. The van der Waals surface area contributed by atoms with E-state index in [4.69, 9.17) is 11.2 Å². The maximum atomic E-state index is 5.17. The van der Waals surface area contributed by atoms with E-state index in [1.165, 1.54) is 5.56 Å². The zero-order chi connectivity index (χ0) is 10.4. The van der Waals surface area contributed by atoms with E-state index >= 15 is 0 Å². The summed E-state index contributed by atoms with van der Waals surface area (Å²) < 4.78 is 5.14. The minimum atomic E-state index is 0.251. The molecule has 2 nitrogen and oxygen atoms in total. The summed E-state index contributed by atoms with van der Waals surface area (Å²) in [5.41, 5.74) is 1.18. The Hall–Kier alpha value is -1.46. The Balaban J connectivity index is 2.70. The summed E-state index contributed by atoms with van der Waals surface area (Å²) in [6.07, 6.45) is 5.17. The third-order valence-electron chi connectivity index (χ3n) is 2.10. The van der Waals surface area contributed by atoms with E-state index in [1.54, 1.807) is 7.11 Å². The van der Waals surface area contributed by atoms with Gasteiger partial charge in [0.05, 0.1) is 13.7 Å². The topological polar surface area (TPSA) is 21.3 Å². The van der Waals surface area contributed by atoms with Crippen LogP contribution in [0.1, 0.15) is 18.5 Å². The molecule has 0 heterocycles. The van der Waals surface area contributed by atoms with Gasteiger partial charge in [0.15, 0.2) is 0 Å². The van der Waals surface area contributed by atoms with Crippen LogP contribution < -0.4 is 10.1 Å². The van der Waals surface area contributed by atoms with Gasteiger partial charge in [-0.2, -0.15) is 0 Å². The van der Waals surface area contributed by atoms with Crippen molar-refractivity contribution in [3.63, 3.8) is 0 Å². The molecule has 0 unspecified atom stereocenters. The van der Waals surface area contributed by atoms with Crippen molar-refractivity contribution in [3.8, 4) is 18.1 Å². The molecule has 1 aromatic rings. The first-order valence-corrected chi connectivity index (χ1v) is 4.58. The lowest BCUT2D eigenvalue weighted by Gasteiger charge is -2.12. The Kier molecular flexibility index (Phi) is 4.03. The van der Waals surface area contributed by atoms with Crippen molar-refractivity contribution < 1.29 is 4.74 Å². The number of rotatable bonds is 4. The van der Waals surface area contributed by atoms with E-state index < -0.39 is 0 Å². The average molecular weight is 189 g/mol. The van der Waals surface area contributed by atoms with Gasteiger partial charge in [-0.3, -0.25) is 5.32 Å².